The molecule has 2 aromatic carbocycles. The summed E-state index contributed by atoms with van der Waals surface area (Å²) in [6.45, 7) is 5.98. The summed E-state index contributed by atoms with van der Waals surface area (Å²) in [6.07, 6.45) is 8.48. The fourth-order valence-electron chi connectivity index (χ4n) is 5.90. The van der Waals surface area contributed by atoms with Crippen LogP contribution in [0.4, 0.5) is 11.4 Å². The molecule has 1 atom stereocenters. The van der Waals surface area contributed by atoms with Crippen molar-refractivity contribution in [3.8, 4) is 0 Å². The maximum Gasteiger partial charge on any atom is 0.283 e. The molecule has 2 amide bonds. The number of anilines is 2. The highest BCUT2D eigenvalue weighted by molar-refractivity contribution is 7.90. The molecule has 1 saturated carbocycles. The first-order chi connectivity index (χ1) is 21.4. The third-order valence-electron chi connectivity index (χ3n) is 8.51. The number of carbonyl (C=O) groups is 2. The molecule has 1 aliphatic rings. The van der Waals surface area contributed by atoms with Gasteiger partial charge in [0.15, 0.2) is 5.03 Å². The molecule has 0 spiro atoms. The lowest BCUT2D eigenvalue weighted by atomic mass is 9.82. The molecule has 0 bridgehead atoms. The van der Waals surface area contributed by atoms with Crippen molar-refractivity contribution in [2.75, 3.05) is 30.4 Å². The van der Waals surface area contributed by atoms with Gasteiger partial charge in [-0.15, -0.1) is 0 Å². The molecule has 10 nitrogen and oxygen atoms in total. The SMILES string of the molecule is CC(C)CCN(C)c1ccc(C(=O)NC(CC(=O)NS(=O)(=O)c2cn(C)cn2)C2CCCCC2)cc1N(C)Cc1ccccc1. The number of aryl methyl sites for hydroxylation is 1. The molecule has 1 aromatic heterocycles. The number of sulfonamides is 1. The lowest BCUT2D eigenvalue weighted by Crippen LogP contribution is -2.45. The average molecular weight is 637 g/mol. The number of rotatable bonds is 14. The number of carbonyl (C=O) groups excluding carboxylic acids is 2. The van der Waals surface area contributed by atoms with Crippen LogP contribution in [-0.4, -0.2) is 56.5 Å². The Bertz CT molecular complexity index is 1530. The molecular formula is C34H48N6O4S. The number of nitrogens with zero attached hydrogens (tertiary/aromatic N) is 4. The zero-order valence-corrected chi connectivity index (χ0v) is 28.0. The van der Waals surface area contributed by atoms with Gasteiger partial charge in [0, 0.05) is 58.5 Å². The number of aromatic nitrogens is 2. The predicted molar refractivity (Wildman–Crippen MR) is 179 cm³/mol. The minimum atomic E-state index is -4.11. The minimum Gasteiger partial charge on any atom is -0.373 e. The van der Waals surface area contributed by atoms with Gasteiger partial charge in [0.05, 0.1) is 17.7 Å². The molecule has 0 saturated heterocycles. The quantitative estimate of drug-likeness (QED) is 0.253. The van der Waals surface area contributed by atoms with Crippen LogP contribution < -0.4 is 19.8 Å². The van der Waals surface area contributed by atoms with Crippen LogP contribution in [-0.2, 0) is 28.4 Å². The summed E-state index contributed by atoms with van der Waals surface area (Å²) in [4.78, 5) is 35.1. The van der Waals surface area contributed by atoms with E-state index in [1.807, 2.05) is 43.4 Å². The normalized spacial score (nSPS) is 14.6. The first kappa shape index (κ1) is 34.0. The molecule has 1 heterocycles. The second-order valence-electron chi connectivity index (χ2n) is 12.7. The van der Waals surface area contributed by atoms with Crippen LogP contribution in [0.25, 0.3) is 0 Å². The Morgan fingerprint density at radius 3 is 2.36 bits per heavy atom. The zero-order valence-electron chi connectivity index (χ0n) is 27.2. The highest BCUT2D eigenvalue weighted by atomic mass is 32.2. The Balaban J connectivity index is 1.56. The molecule has 1 unspecified atom stereocenters. The lowest BCUT2D eigenvalue weighted by molar-refractivity contribution is -0.120. The van der Waals surface area contributed by atoms with Crippen LogP contribution in [0.3, 0.4) is 0 Å². The van der Waals surface area contributed by atoms with E-state index in [1.54, 1.807) is 7.05 Å². The van der Waals surface area contributed by atoms with Crippen molar-refractivity contribution >= 4 is 33.2 Å². The Morgan fingerprint density at radius 2 is 1.71 bits per heavy atom. The Kier molecular flexibility index (Phi) is 11.7. The fourth-order valence-corrected chi connectivity index (χ4v) is 6.88. The summed E-state index contributed by atoms with van der Waals surface area (Å²) >= 11 is 0. The smallest absolute Gasteiger partial charge is 0.283 e. The van der Waals surface area contributed by atoms with E-state index < -0.39 is 22.0 Å². The van der Waals surface area contributed by atoms with Crippen LogP contribution in [0.15, 0.2) is 66.1 Å². The van der Waals surface area contributed by atoms with Gasteiger partial charge in [0.25, 0.3) is 15.9 Å². The summed E-state index contributed by atoms with van der Waals surface area (Å²) in [5.41, 5.74) is 3.63. The van der Waals surface area contributed by atoms with Gasteiger partial charge in [-0.2, -0.15) is 8.42 Å². The number of hydrogen-bond acceptors (Lipinski definition) is 7. The van der Waals surface area contributed by atoms with Gasteiger partial charge in [-0.05, 0) is 54.9 Å². The topological polar surface area (TPSA) is 117 Å². The molecular weight excluding hydrogens is 588 g/mol. The second-order valence-corrected chi connectivity index (χ2v) is 14.4. The fraction of sp³-hybridized carbons (Fsp3) is 0.500. The maximum absolute atomic E-state index is 13.8. The Hall–Kier alpha value is -3.86. The minimum absolute atomic E-state index is 0.0765. The van der Waals surface area contributed by atoms with E-state index >= 15 is 0 Å². The van der Waals surface area contributed by atoms with Crippen molar-refractivity contribution in [2.45, 2.75) is 76.4 Å². The number of hydrogen-bond donors (Lipinski definition) is 2. The molecule has 45 heavy (non-hydrogen) atoms. The molecule has 1 fully saturated rings. The summed E-state index contributed by atoms with van der Waals surface area (Å²) in [5.74, 6) is -0.304. The third kappa shape index (κ3) is 9.56. The van der Waals surface area contributed by atoms with Gasteiger partial charge in [-0.25, -0.2) is 9.71 Å². The first-order valence-electron chi connectivity index (χ1n) is 15.9. The predicted octanol–water partition coefficient (Wildman–Crippen LogP) is 5.11. The first-order valence-corrected chi connectivity index (χ1v) is 17.4. The molecule has 3 aromatic rings. The molecule has 244 valence electrons. The highest BCUT2D eigenvalue weighted by Gasteiger charge is 2.30. The standard InChI is InChI=1S/C34H48N6O4S/c1-25(2)18-19-39(4)30-17-16-28(20-31(30)40(5)22-26-12-8-6-9-13-26)34(42)36-29(27-14-10-7-11-15-27)21-32(41)37-45(43,44)33-23-38(3)24-35-33/h6,8-9,12-13,16-17,20,23-25,27,29H,7,10-11,14-15,18-19,21-22H2,1-5H3,(H,36,42)(H,37,41). The van der Waals surface area contributed by atoms with Crippen molar-refractivity contribution in [3.05, 3.63) is 72.2 Å². The van der Waals surface area contributed by atoms with Crippen molar-refractivity contribution in [1.82, 2.24) is 19.6 Å². The van der Waals surface area contributed by atoms with E-state index in [4.69, 9.17) is 0 Å². The zero-order chi connectivity index (χ0) is 32.6. The summed E-state index contributed by atoms with van der Waals surface area (Å²) in [6, 6.07) is 15.5. The van der Waals surface area contributed by atoms with Crippen LogP contribution >= 0.6 is 0 Å². The molecule has 0 radical (unpaired) electrons. The van der Waals surface area contributed by atoms with E-state index in [0.717, 1.165) is 62.0 Å². The van der Waals surface area contributed by atoms with E-state index in [2.05, 4.69) is 57.9 Å². The number of nitrogens with one attached hydrogen (secondary N) is 2. The molecule has 11 heteroatoms. The van der Waals surface area contributed by atoms with Gasteiger partial charge >= 0.3 is 0 Å². The number of benzene rings is 2. The van der Waals surface area contributed by atoms with Crippen LogP contribution in [0.2, 0.25) is 0 Å². The highest BCUT2D eigenvalue weighted by Crippen LogP contribution is 2.32. The monoisotopic (exact) mass is 636 g/mol. The van der Waals surface area contributed by atoms with Crippen molar-refractivity contribution in [2.24, 2.45) is 18.9 Å². The maximum atomic E-state index is 13.8. The molecule has 1 aliphatic carbocycles. The summed E-state index contributed by atoms with van der Waals surface area (Å²) in [7, 11) is 1.65. The molecule has 2 N–H and O–H groups in total. The van der Waals surface area contributed by atoms with Crippen molar-refractivity contribution < 1.29 is 18.0 Å². The van der Waals surface area contributed by atoms with E-state index in [1.165, 1.54) is 17.1 Å². The van der Waals surface area contributed by atoms with E-state index in [-0.39, 0.29) is 23.3 Å². The van der Waals surface area contributed by atoms with Gasteiger partial charge in [-0.3, -0.25) is 9.59 Å². The molecule has 4 rings (SSSR count). The van der Waals surface area contributed by atoms with Crippen LogP contribution in [0.1, 0.15) is 74.7 Å². The van der Waals surface area contributed by atoms with Crippen LogP contribution in [0.5, 0.6) is 0 Å². The third-order valence-corrected chi connectivity index (χ3v) is 9.77. The second kappa shape index (κ2) is 15.4. The Labute approximate surface area is 268 Å². The average Bonchev–Trinajstić information content (AvgIpc) is 3.47. The van der Waals surface area contributed by atoms with Gasteiger partial charge in [-0.1, -0.05) is 63.4 Å². The van der Waals surface area contributed by atoms with Crippen LogP contribution in [0, 0.1) is 11.8 Å². The summed E-state index contributed by atoms with van der Waals surface area (Å²) in [5, 5.41) is 2.90. The van der Waals surface area contributed by atoms with Crippen molar-refractivity contribution in [3.63, 3.8) is 0 Å². The number of imidazole rings is 1. The number of amides is 2. The lowest BCUT2D eigenvalue weighted by Gasteiger charge is -2.31. The Morgan fingerprint density at radius 1 is 1.00 bits per heavy atom. The van der Waals surface area contributed by atoms with E-state index in [9.17, 15) is 18.0 Å². The largest absolute Gasteiger partial charge is 0.373 e. The van der Waals surface area contributed by atoms with Gasteiger partial charge in [0.2, 0.25) is 5.91 Å². The van der Waals surface area contributed by atoms with E-state index in [0.29, 0.717) is 18.0 Å². The molecule has 0 aliphatic heterocycles. The van der Waals surface area contributed by atoms with Gasteiger partial charge in [0.1, 0.15) is 0 Å². The van der Waals surface area contributed by atoms with Crippen molar-refractivity contribution in [1.29, 1.82) is 0 Å². The summed E-state index contributed by atoms with van der Waals surface area (Å²) < 4.78 is 29.2. The van der Waals surface area contributed by atoms with Gasteiger partial charge < -0.3 is 19.7 Å².